The number of nitrogens with one attached hydrogen (secondary N) is 1. The fourth-order valence-electron chi connectivity index (χ4n) is 2.77. The molecule has 1 aliphatic carbocycles. The van der Waals surface area contributed by atoms with Crippen LogP contribution in [0.15, 0.2) is 0 Å². The van der Waals surface area contributed by atoms with Gasteiger partial charge in [-0.25, -0.2) is 0 Å². The second-order valence-corrected chi connectivity index (χ2v) is 7.23. The number of hydrogen-bond donors (Lipinski definition) is 1. The molecule has 1 atom stereocenters. The minimum absolute atomic E-state index is 0.320. The van der Waals surface area contributed by atoms with Crippen LogP contribution in [-0.4, -0.2) is 24.3 Å². The predicted molar refractivity (Wildman–Crippen MR) is 78.9 cm³/mol. The van der Waals surface area contributed by atoms with Crippen LogP contribution in [-0.2, 0) is 4.74 Å². The minimum atomic E-state index is -0.470. The van der Waals surface area contributed by atoms with E-state index in [0.29, 0.717) is 24.2 Å². The van der Waals surface area contributed by atoms with Crippen molar-refractivity contribution in [2.24, 2.45) is 5.41 Å². The van der Waals surface area contributed by atoms with E-state index in [0.717, 1.165) is 19.3 Å². The van der Waals surface area contributed by atoms with Crippen LogP contribution in [0.5, 0.6) is 0 Å². The lowest BCUT2D eigenvalue weighted by Crippen LogP contribution is -2.46. The van der Waals surface area contributed by atoms with E-state index < -0.39 is 5.54 Å². The number of rotatable bonds is 6. The summed E-state index contributed by atoms with van der Waals surface area (Å²) in [6.07, 6.45) is 5.97. The monoisotopic (exact) mass is 266 g/mol. The van der Waals surface area contributed by atoms with E-state index in [-0.39, 0.29) is 0 Å². The van der Waals surface area contributed by atoms with Gasteiger partial charge in [0.05, 0.1) is 12.2 Å². The third-order valence-electron chi connectivity index (χ3n) is 4.10. The van der Waals surface area contributed by atoms with Gasteiger partial charge in [0.1, 0.15) is 5.54 Å². The third-order valence-corrected chi connectivity index (χ3v) is 4.10. The van der Waals surface area contributed by atoms with E-state index in [1.54, 1.807) is 0 Å². The highest BCUT2D eigenvalue weighted by Crippen LogP contribution is 2.36. The van der Waals surface area contributed by atoms with E-state index in [1.165, 1.54) is 12.8 Å². The van der Waals surface area contributed by atoms with Crippen LogP contribution in [0.4, 0.5) is 0 Å². The SMILES string of the molecule is CC(C)NC(C)(C#N)CCOC1CCC(C)(C)CC1. The molecular weight excluding hydrogens is 236 g/mol. The van der Waals surface area contributed by atoms with Crippen molar-refractivity contribution in [3.05, 3.63) is 0 Å². The van der Waals surface area contributed by atoms with Gasteiger partial charge in [0.25, 0.3) is 0 Å². The zero-order valence-corrected chi connectivity index (χ0v) is 13.3. The topological polar surface area (TPSA) is 45.0 Å². The van der Waals surface area contributed by atoms with Crippen molar-refractivity contribution in [2.75, 3.05) is 6.61 Å². The summed E-state index contributed by atoms with van der Waals surface area (Å²) in [5.41, 5.74) is 0.0162. The molecule has 0 aromatic rings. The first kappa shape index (κ1) is 16.5. The summed E-state index contributed by atoms with van der Waals surface area (Å²) in [6.45, 7) is 11.4. The molecule has 0 heterocycles. The molecule has 0 aromatic heterocycles. The number of nitrogens with zero attached hydrogens (tertiary/aromatic N) is 1. The van der Waals surface area contributed by atoms with E-state index in [1.807, 2.05) is 6.92 Å². The van der Waals surface area contributed by atoms with Gasteiger partial charge in [-0.15, -0.1) is 0 Å². The molecule has 1 rings (SSSR count). The smallest absolute Gasteiger partial charge is 0.106 e. The molecule has 1 N–H and O–H groups in total. The van der Waals surface area contributed by atoms with Gasteiger partial charge in [0.15, 0.2) is 0 Å². The summed E-state index contributed by atoms with van der Waals surface area (Å²) in [7, 11) is 0. The highest BCUT2D eigenvalue weighted by atomic mass is 16.5. The molecule has 110 valence electrons. The lowest BCUT2D eigenvalue weighted by molar-refractivity contribution is -0.00172. The maximum Gasteiger partial charge on any atom is 0.106 e. The summed E-state index contributed by atoms with van der Waals surface area (Å²) in [6, 6.07) is 2.69. The minimum Gasteiger partial charge on any atom is -0.378 e. The van der Waals surface area contributed by atoms with Crippen LogP contribution >= 0.6 is 0 Å². The zero-order chi connectivity index (χ0) is 14.5. The molecule has 0 aromatic carbocycles. The van der Waals surface area contributed by atoms with E-state index in [9.17, 15) is 5.26 Å². The molecule has 1 saturated carbocycles. The fraction of sp³-hybridized carbons (Fsp3) is 0.938. The second kappa shape index (κ2) is 6.72. The van der Waals surface area contributed by atoms with Gasteiger partial charge < -0.3 is 4.74 Å². The quantitative estimate of drug-likeness (QED) is 0.798. The molecule has 0 aliphatic heterocycles. The zero-order valence-electron chi connectivity index (χ0n) is 13.3. The Morgan fingerprint density at radius 3 is 2.42 bits per heavy atom. The standard InChI is InChI=1S/C16H30N2O/c1-13(2)18-16(5,12-17)10-11-19-14-6-8-15(3,4)9-7-14/h13-14,18H,6-11H2,1-5H3. The van der Waals surface area contributed by atoms with Gasteiger partial charge >= 0.3 is 0 Å². The number of hydrogen-bond acceptors (Lipinski definition) is 3. The lowest BCUT2D eigenvalue weighted by Gasteiger charge is -2.34. The average molecular weight is 266 g/mol. The van der Waals surface area contributed by atoms with Crippen LogP contribution in [0.2, 0.25) is 0 Å². The summed E-state index contributed by atoms with van der Waals surface area (Å²) < 4.78 is 5.96. The van der Waals surface area contributed by atoms with E-state index in [4.69, 9.17) is 4.74 Å². The first-order valence-electron chi connectivity index (χ1n) is 7.57. The first-order valence-corrected chi connectivity index (χ1v) is 7.57. The van der Waals surface area contributed by atoms with Crippen LogP contribution in [0.25, 0.3) is 0 Å². The van der Waals surface area contributed by atoms with Crippen LogP contribution < -0.4 is 5.32 Å². The Labute approximate surface area is 118 Å². The third kappa shape index (κ3) is 5.93. The molecule has 1 fully saturated rings. The van der Waals surface area contributed by atoms with E-state index in [2.05, 4.69) is 39.1 Å². The van der Waals surface area contributed by atoms with Crippen molar-refractivity contribution in [3.8, 4) is 6.07 Å². The van der Waals surface area contributed by atoms with Crippen molar-refractivity contribution < 1.29 is 4.74 Å². The van der Waals surface area contributed by atoms with Crippen molar-refractivity contribution >= 4 is 0 Å². The Balaban J connectivity index is 2.28. The summed E-state index contributed by atoms with van der Waals surface area (Å²) in [4.78, 5) is 0. The predicted octanol–water partition coefficient (Wildman–Crippen LogP) is 3.64. The molecule has 0 radical (unpaired) electrons. The molecule has 0 saturated heterocycles. The molecule has 1 unspecified atom stereocenters. The Hall–Kier alpha value is -0.590. The van der Waals surface area contributed by atoms with Crippen LogP contribution in [0, 0.1) is 16.7 Å². The van der Waals surface area contributed by atoms with Crippen molar-refractivity contribution in [1.82, 2.24) is 5.32 Å². The Morgan fingerprint density at radius 1 is 1.37 bits per heavy atom. The Kier molecular flexibility index (Phi) is 5.82. The summed E-state index contributed by atoms with van der Waals surface area (Å²) in [5, 5.41) is 12.6. The maximum atomic E-state index is 9.27. The fourth-order valence-corrected chi connectivity index (χ4v) is 2.77. The van der Waals surface area contributed by atoms with Crippen molar-refractivity contribution in [1.29, 1.82) is 5.26 Å². The highest BCUT2D eigenvalue weighted by molar-refractivity contribution is 5.04. The van der Waals surface area contributed by atoms with Gasteiger partial charge in [-0.1, -0.05) is 13.8 Å². The Bertz CT molecular complexity index is 309. The second-order valence-electron chi connectivity index (χ2n) is 7.23. The number of ether oxygens (including phenoxy) is 1. The molecule has 1 aliphatic rings. The van der Waals surface area contributed by atoms with Gasteiger partial charge in [0.2, 0.25) is 0 Å². The lowest BCUT2D eigenvalue weighted by atomic mass is 9.76. The summed E-state index contributed by atoms with van der Waals surface area (Å²) in [5.74, 6) is 0. The van der Waals surface area contributed by atoms with E-state index >= 15 is 0 Å². The molecule has 3 nitrogen and oxygen atoms in total. The largest absolute Gasteiger partial charge is 0.378 e. The molecule has 3 heteroatoms. The van der Waals surface area contributed by atoms with Crippen LogP contribution in [0.3, 0.4) is 0 Å². The van der Waals surface area contributed by atoms with Crippen LogP contribution in [0.1, 0.15) is 66.7 Å². The van der Waals surface area contributed by atoms with Gasteiger partial charge in [0, 0.05) is 19.1 Å². The molecular formula is C16H30N2O. The van der Waals surface area contributed by atoms with Gasteiger partial charge in [-0.2, -0.15) is 5.26 Å². The van der Waals surface area contributed by atoms with Crippen molar-refractivity contribution in [2.45, 2.75) is 84.4 Å². The molecule has 19 heavy (non-hydrogen) atoms. The van der Waals surface area contributed by atoms with Gasteiger partial charge in [-0.05, 0) is 51.9 Å². The maximum absolute atomic E-state index is 9.27. The highest BCUT2D eigenvalue weighted by Gasteiger charge is 2.28. The molecule has 0 bridgehead atoms. The molecule has 0 amide bonds. The first-order chi connectivity index (χ1) is 8.76. The van der Waals surface area contributed by atoms with Gasteiger partial charge in [-0.3, -0.25) is 5.32 Å². The Morgan fingerprint density at radius 2 is 1.95 bits per heavy atom. The van der Waals surface area contributed by atoms with Crippen molar-refractivity contribution in [3.63, 3.8) is 0 Å². The average Bonchev–Trinajstić information content (AvgIpc) is 2.30. The normalized spacial score (nSPS) is 23.0. The molecule has 0 spiro atoms. The summed E-state index contributed by atoms with van der Waals surface area (Å²) >= 11 is 0. The number of nitriles is 1.